The van der Waals surface area contributed by atoms with Gasteiger partial charge in [0.15, 0.2) is 0 Å². The summed E-state index contributed by atoms with van der Waals surface area (Å²) >= 11 is 0. The van der Waals surface area contributed by atoms with E-state index in [1.165, 1.54) is 27.0 Å². The molecule has 0 aliphatic rings. The zero-order chi connectivity index (χ0) is 18.5. The van der Waals surface area contributed by atoms with E-state index in [2.05, 4.69) is 109 Å². The van der Waals surface area contributed by atoms with E-state index in [1.807, 2.05) is 0 Å². The second-order valence-corrected chi connectivity index (χ2v) is 8.44. The molecule has 0 fully saturated rings. The lowest BCUT2D eigenvalue weighted by Crippen LogP contribution is -2.22. The number of rotatable bonds is 5. The van der Waals surface area contributed by atoms with Gasteiger partial charge in [-0.05, 0) is 53.2 Å². The van der Waals surface area contributed by atoms with E-state index < -0.39 is 7.92 Å². The Balaban J connectivity index is 1.95. The van der Waals surface area contributed by atoms with Crippen LogP contribution in [0.25, 0.3) is 11.1 Å². The van der Waals surface area contributed by atoms with Crippen LogP contribution in [0.4, 0.5) is 0 Å². The number of ether oxygens (including phenoxy) is 1. The van der Waals surface area contributed by atoms with Crippen LogP contribution in [0.15, 0.2) is 109 Å². The van der Waals surface area contributed by atoms with Crippen molar-refractivity contribution < 1.29 is 4.74 Å². The lowest BCUT2D eigenvalue weighted by Gasteiger charge is -2.23. The van der Waals surface area contributed by atoms with Gasteiger partial charge < -0.3 is 4.74 Å². The van der Waals surface area contributed by atoms with Crippen molar-refractivity contribution in [1.82, 2.24) is 0 Å². The van der Waals surface area contributed by atoms with Crippen LogP contribution < -0.4 is 20.7 Å². The lowest BCUT2D eigenvalue weighted by atomic mass is 10.1. The van der Waals surface area contributed by atoms with Crippen LogP contribution in [0, 0.1) is 0 Å². The fraction of sp³-hybridized carbons (Fsp3) is 0.0400. The molecule has 2 heteroatoms. The molecule has 132 valence electrons. The number of methoxy groups -OCH3 is 1. The van der Waals surface area contributed by atoms with Gasteiger partial charge in [-0.2, -0.15) is 0 Å². The third-order valence-corrected chi connectivity index (χ3v) is 7.06. The first-order chi connectivity index (χ1) is 13.4. The van der Waals surface area contributed by atoms with E-state index in [9.17, 15) is 0 Å². The Labute approximate surface area is 162 Å². The van der Waals surface area contributed by atoms with E-state index >= 15 is 0 Å². The van der Waals surface area contributed by atoms with Crippen molar-refractivity contribution in [3.8, 4) is 16.9 Å². The molecule has 0 saturated carbocycles. The average molecular weight is 368 g/mol. The molecular weight excluding hydrogens is 347 g/mol. The van der Waals surface area contributed by atoms with Crippen LogP contribution in [0.1, 0.15) is 0 Å². The third kappa shape index (κ3) is 3.79. The summed E-state index contributed by atoms with van der Waals surface area (Å²) < 4.78 is 5.53. The lowest BCUT2D eigenvalue weighted by molar-refractivity contribution is 0.415. The summed E-state index contributed by atoms with van der Waals surface area (Å²) in [6.45, 7) is 0. The van der Waals surface area contributed by atoms with Gasteiger partial charge in [0.25, 0.3) is 0 Å². The first-order valence-corrected chi connectivity index (χ1v) is 10.3. The van der Waals surface area contributed by atoms with Crippen molar-refractivity contribution in [3.63, 3.8) is 0 Å². The van der Waals surface area contributed by atoms with Crippen molar-refractivity contribution in [1.29, 1.82) is 0 Å². The van der Waals surface area contributed by atoms with Gasteiger partial charge in [0.2, 0.25) is 0 Å². The molecule has 0 atom stereocenters. The molecular formula is C25H21OP. The molecule has 4 rings (SSSR count). The highest BCUT2D eigenvalue weighted by Crippen LogP contribution is 2.38. The molecule has 0 spiro atoms. The summed E-state index contributed by atoms with van der Waals surface area (Å²) in [6.07, 6.45) is 0. The quantitative estimate of drug-likeness (QED) is 0.444. The molecule has 0 aromatic heterocycles. The third-order valence-electron chi connectivity index (χ3n) is 4.56. The molecule has 4 aromatic carbocycles. The predicted molar refractivity (Wildman–Crippen MR) is 117 cm³/mol. The van der Waals surface area contributed by atoms with Gasteiger partial charge in [0, 0.05) is 0 Å². The number of hydrogen-bond acceptors (Lipinski definition) is 1. The van der Waals surface area contributed by atoms with Crippen LogP contribution in [0.2, 0.25) is 0 Å². The molecule has 0 heterocycles. The second kappa shape index (κ2) is 8.20. The average Bonchev–Trinajstić information content (AvgIpc) is 2.76. The largest absolute Gasteiger partial charge is 0.497 e. The summed E-state index contributed by atoms with van der Waals surface area (Å²) in [5, 5.41) is 4.04. The summed E-state index contributed by atoms with van der Waals surface area (Å²) in [7, 11) is 1.06. The first kappa shape index (κ1) is 17.5. The van der Waals surface area contributed by atoms with E-state index in [-0.39, 0.29) is 0 Å². The highest BCUT2D eigenvalue weighted by atomic mass is 31.1. The number of benzene rings is 4. The minimum Gasteiger partial charge on any atom is -0.497 e. The van der Waals surface area contributed by atoms with Gasteiger partial charge in [0.1, 0.15) is 5.75 Å². The fourth-order valence-electron chi connectivity index (χ4n) is 3.27. The topological polar surface area (TPSA) is 9.23 Å². The minimum absolute atomic E-state index is 0.663. The Kier molecular flexibility index (Phi) is 5.32. The highest BCUT2D eigenvalue weighted by Gasteiger charge is 2.20. The molecule has 0 bridgehead atoms. The smallest absolute Gasteiger partial charge is 0.119 e. The molecule has 4 aromatic rings. The predicted octanol–water partition coefficient (Wildman–Crippen LogP) is 5.12. The van der Waals surface area contributed by atoms with Gasteiger partial charge in [0.05, 0.1) is 7.11 Å². The van der Waals surface area contributed by atoms with Crippen LogP contribution in [0.5, 0.6) is 5.75 Å². The SMILES string of the molecule is COc1ccc(P(c2ccccc2)c2ccccc2)c(-c2ccccc2)c1. The second-order valence-electron chi connectivity index (χ2n) is 6.26. The zero-order valence-electron chi connectivity index (χ0n) is 15.2. The monoisotopic (exact) mass is 368 g/mol. The first-order valence-electron chi connectivity index (χ1n) is 9.00. The van der Waals surface area contributed by atoms with Gasteiger partial charge >= 0.3 is 0 Å². The van der Waals surface area contributed by atoms with Crippen LogP contribution in [-0.4, -0.2) is 7.11 Å². The molecule has 0 unspecified atom stereocenters. The van der Waals surface area contributed by atoms with E-state index in [4.69, 9.17) is 4.74 Å². The van der Waals surface area contributed by atoms with Crippen LogP contribution in [0.3, 0.4) is 0 Å². The van der Waals surface area contributed by atoms with E-state index in [1.54, 1.807) is 7.11 Å². The van der Waals surface area contributed by atoms with Gasteiger partial charge in [-0.25, -0.2) is 0 Å². The van der Waals surface area contributed by atoms with E-state index in [0.717, 1.165) is 5.75 Å². The Morgan fingerprint density at radius 2 is 1.11 bits per heavy atom. The van der Waals surface area contributed by atoms with E-state index in [0.29, 0.717) is 0 Å². The molecule has 0 radical (unpaired) electrons. The van der Waals surface area contributed by atoms with Crippen molar-refractivity contribution in [2.24, 2.45) is 0 Å². The Bertz CT molecular complexity index is 959. The minimum atomic E-state index is -0.663. The van der Waals surface area contributed by atoms with Gasteiger partial charge in [-0.1, -0.05) is 91.0 Å². The molecule has 0 N–H and O–H groups in total. The summed E-state index contributed by atoms with van der Waals surface area (Å²) in [5.74, 6) is 0.883. The Morgan fingerprint density at radius 1 is 0.593 bits per heavy atom. The summed E-state index contributed by atoms with van der Waals surface area (Å²) in [5.41, 5.74) is 2.44. The maximum Gasteiger partial charge on any atom is 0.119 e. The van der Waals surface area contributed by atoms with Crippen molar-refractivity contribution >= 4 is 23.8 Å². The van der Waals surface area contributed by atoms with Crippen molar-refractivity contribution in [2.45, 2.75) is 0 Å². The Hall–Kier alpha value is -2.89. The Morgan fingerprint density at radius 3 is 1.63 bits per heavy atom. The highest BCUT2D eigenvalue weighted by molar-refractivity contribution is 7.80. The summed E-state index contributed by atoms with van der Waals surface area (Å²) in [4.78, 5) is 0. The van der Waals surface area contributed by atoms with Crippen LogP contribution >= 0.6 is 7.92 Å². The van der Waals surface area contributed by atoms with Crippen LogP contribution in [-0.2, 0) is 0 Å². The van der Waals surface area contributed by atoms with Crippen molar-refractivity contribution in [3.05, 3.63) is 109 Å². The maximum atomic E-state index is 5.53. The molecule has 1 nitrogen and oxygen atoms in total. The normalized spacial score (nSPS) is 10.7. The molecule has 27 heavy (non-hydrogen) atoms. The molecule has 0 aliphatic heterocycles. The fourth-order valence-corrected chi connectivity index (χ4v) is 5.72. The molecule has 0 saturated heterocycles. The number of hydrogen-bond donors (Lipinski definition) is 0. The summed E-state index contributed by atoms with van der Waals surface area (Å²) in [6, 6.07) is 38.6. The maximum absolute atomic E-state index is 5.53. The van der Waals surface area contributed by atoms with Crippen molar-refractivity contribution in [2.75, 3.05) is 7.11 Å². The van der Waals surface area contributed by atoms with Gasteiger partial charge in [-0.15, -0.1) is 0 Å². The molecule has 0 amide bonds. The zero-order valence-corrected chi connectivity index (χ0v) is 16.1. The molecule has 0 aliphatic carbocycles. The van der Waals surface area contributed by atoms with Gasteiger partial charge in [-0.3, -0.25) is 0 Å². The standard InChI is InChI=1S/C25H21OP/c1-26-21-17-18-25(24(19-21)20-11-5-2-6-12-20)27(22-13-7-3-8-14-22)23-15-9-4-10-16-23/h2-19H,1H3.